The first-order valence-electron chi connectivity index (χ1n) is 9.70. The summed E-state index contributed by atoms with van der Waals surface area (Å²) in [4.78, 5) is 13.2. The number of carbonyl (C=O) groups excluding carboxylic acids is 1. The fourth-order valence-electron chi connectivity index (χ4n) is 3.55. The molecule has 31 heavy (non-hydrogen) atoms. The minimum Gasteiger partial charge on any atom is -0.506 e. The molecule has 6 nitrogen and oxygen atoms in total. The van der Waals surface area contributed by atoms with Crippen molar-refractivity contribution in [1.82, 2.24) is 4.72 Å². The molecule has 3 aromatic rings. The average Bonchev–Trinajstić information content (AvgIpc) is 3.58. The van der Waals surface area contributed by atoms with Crippen LogP contribution in [-0.4, -0.2) is 26.5 Å². The number of hydrogen-bond donors (Lipinski definition) is 3. The second kappa shape index (κ2) is 8.00. The molecule has 1 aliphatic carbocycles. The number of phenols is 1. The van der Waals surface area contributed by atoms with Gasteiger partial charge in [0.05, 0.1) is 15.3 Å². The first kappa shape index (κ1) is 21.4. The smallest absolute Gasteiger partial charge is 0.240 e. The molecule has 0 unspecified atom stereocenters. The van der Waals surface area contributed by atoms with Crippen molar-refractivity contribution < 1.29 is 18.3 Å². The van der Waals surface area contributed by atoms with Gasteiger partial charge in [0.1, 0.15) is 5.75 Å². The Labute approximate surface area is 185 Å². The third-order valence-corrected chi connectivity index (χ3v) is 7.30. The average molecular weight is 457 g/mol. The van der Waals surface area contributed by atoms with E-state index in [0.717, 1.165) is 16.7 Å². The van der Waals surface area contributed by atoms with E-state index in [2.05, 4.69) is 10.0 Å². The lowest BCUT2D eigenvalue weighted by Gasteiger charge is -2.17. The van der Waals surface area contributed by atoms with Crippen molar-refractivity contribution in [3.05, 3.63) is 77.3 Å². The number of anilines is 1. The lowest BCUT2D eigenvalue weighted by Crippen LogP contribution is -2.27. The highest BCUT2D eigenvalue weighted by molar-refractivity contribution is 7.89. The summed E-state index contributed by atoms with van der Waals surface area (Å²) in [7, 11) is -2.13. The Hall–Kier alpha value is -2.87. The Morgan fingerprint density at radius 3 is 2.32 bits per heavy atom. The summed E-state index contributed by atoms with van der Waals surface area (Å²) in [5.41, 5.74) is 2.47. The van der Waals surface area contributed by atoms with Gasteiger partial charge in [-0.25, -0.2) is 13.1 Å². The van der Waals surface area contributed by atoms with Crippen molar-refractivity contribution in [2.75, 3.05) is 12.4 Å². The summed E-state index contributed by atoms with van der Waals surface area (Å²) in [5, 5.41) is 12.9. The third kappa shape index (κ3) is 4.17. The zero-order chi connectivity index (χ0) is 22.2. The molecule has 0 spiro atoms. The molecule has 1 saturated carbocycles. The minimum absolute atomic E-state index is 0.0112. The number of sulfonamides is 1. The second-order valence-electron chi connectivity index (χ2n) is 7.52. The SMILES string of the molecule is CNS(=O)(=O)c1ccc(-c2cccc(NC(=O)C3(c4ccc(O)c(Cl)c4)CC3)c2)cc1. The molecule has 0 aliphatic heterocycles. The van der Waals surface area contributed by atoms with Crippen LogP contribution in [-0.2, 0) is 20.2 Å². The molecule has 1 fully saturated rings. The van der Waals surface area contributed by atoms with Gasteiger partial charge in [0.15, 0.2) is 0 Å². The molecule has 0 bridgehead atoms. The molecule has 0 heterocycles. The Bertz CT molecular complexity index is 1250. The highest BCUT2D eigenvalue weighted by Gasteiger charge is 2.51. The van der Waals surface area contributed by atoms with Gasteiger partial charge in [0.2, 0.25) is 15.9 Å². The third-order valence-electron chi connectivity index (χ3n) is 5.57. The quantitative estimate of drug-likeness (QED) is 0.515. The van der Waals surface area contributed by atoms with E-state index in [1.165, 1.54) is 13.1 Å². The highest BCUT2D eigenvalue weighted by atomic mass is 35.5. The van der Waals surface area contributed by atoms with Crippen LogP contribution in [0.5, 0.6) is 5.75 Å². The van der Waals surface area contributed by atoms with Gasteiger partial charge in [-0.1, -0.05) is 41.9 Å². The van der Waals surface area contributed by atoms with Gasteiger partial charge >= 0.3 is 0 Å². The maximum absolute atomic E-state index is 13.0. The van der Waals surface area contributed by atoms with Crippen LogP contribution < -0.4 is 10.0 Å². The van der Waals surface area contributed by atoms with Crippen LogP contribution in [0.4, 0.5) is 5.69 Å². The molecule has 3 N–H and O–H groups in total. The standard InChI is InChI=1S/C23H21ClN2O4S/c1-25-31(29,30)19-8-5-15(6-9-19)16-3-2-4-18(13-16)26-22(28)23(11-12-23)17-7-10-21(27)20(24)14-17/h2-10,13-14,25,27H,11-12H2,1H3,(H,26,28). The Morgan fingerprint density at radius 2 is 1.71 bits per heavy atom. The number of nitrogens with one attached hydrogen (secondary N) is 2. The number of halogens is 1. The van der Waals surface area contributed by atoms with Gasteiger partial charge in [-0.2, -0.15) is 0 Å². The topological polar surface area (TPSA) is 95.5 Å². The molecule has 1 amide bonds. The fourth-order valence-corrected chi connectivity index (χ4v) is 4.46. The van der Waals surface area contributed by atoms with Crippen molar-refractivity contribution in [3.63, 3.8) is 0 Å². The normalized spacial score (nSPS) is 14.8. The van der Waals surface area contributed by atoms with E-state index < -0.39 is 15.4 Å². The largest absolute Gasteiger partial charge is 0.506 e. The van der Waals surface area contributed by atoms with Gasteiger partial charge < -0.3 is 10.4 Å². The maximum Gasteiger partial charge on any atom is 0.240 e. The summed E-state index contributed by atoms with van der Waals surface area (Å²) >= 11 is 6.03. The van der Waals surface area contributed by atoms with Crippen LogP contribution in [0.1, 0.15) is 18.4 Å². The molecule has 1 aliphatic rings. The van der Waals surface area contributed by atoms with Gasteiger partial charge in [0, 0.05) is 5.69 Å². The number of amides is 1. The van der Waals surface area contributed by atoms with Crippen LogP contribution in [0.25, 0.3) is 11.1 Å². The predicted molar refractivity (Wildman–Crippen MR) is 121 cm³/mol. The second-order valence-corrected chi connectivity index (χ2v) is 9.81. The van der Waals surface area contributed by atoms with E-state index in [4.69, 9.17) is 11.6 Å². The molecule has 0 radical (unpaired) electrons. The molecule has 4 rings (SSSR count). The van der Waals surface area contributed by atoms with Crippen LogP contribution in [0, 0.1) is 0 Å². The lowest BCUT2D eigenvalue weighted by molar-refractivity contribution is -0.118. The van der Waals surface area contributed by atoms with Gasteiger partial charge in [-0.05, 0) is 73.0 Å². The Balaban J connectivity index is 1.55. The molecule has 0 atom stereocenters. The fraction of sp³-hybridized carbons (Fsp3) is 0.174. The summed E-state index contributed by atoms with van der Waals surface area (Å²) in [6.45, 7) is 0. The van der Waals surface area contributed by atoms with Crippen molar-refractivity contribution in [3.8, 4) is 16.9 Å². The monoisotopic (exact) mass is 456 g/mol. The Morgan fingerprint density at radius 1 is 1.00 bits per heavy atom. The maximum atomic E-state index is 13.0. The van der Waals surface area contributed by atoms with Crippen molar-refractivity contribution in [1.29, 1.82) is 0 Å². The Kier molecular flexibility index (Phi) is 5.51. The van der Waals surface area contributed by atoms with E-state index in [1.807, 2.05) is 18.2 Å². The zero-order valence-corrected chi connectivity index (χ0v) is 18.3. The first-order valence-corrected chi connectivity index (χ1v) is 11.6. The summed E-state index contributed by atoms with van der Waals surface area (Å²) in [6.07, 6.45) is 1.42. The summed E-state index contributed by atoms with van der Waals surface area (Å²) in [5.74, 6) is -0.135. The molecular formula is C23H21ClN2O4S. The predicted octanol–water partition coefficient (Wildman–Crippen LogP) is 4.29. The van der Waals surface area contributed by atoms with E-state index in [0.29, 0.717) is 18.5 Å². The number of rotatable bonds is 6. The number of carbonyl (C=O) groups is 1. The van der Waals surface area contributed by atoms with Crippen LogP contribution >= 0.6 is 11.6 Å². The molecule has 3 aromatic carbocycles. The van der Waals surface area contributed by atoms with Crippen LogP contribution in [0.15, 0.2) is 71.6 Å². The van der Waals surface area contributed by atoms with Crippen molar-refractivity contribution in [2.24, 2.45) is 0 Å². The molecular weight excluding hydrogens is 436 g/mol. The number of phenolic OH excluding ortho intramolecular Hbond substituents is 1. The highest BCUT2D eigenvalue weighted by Crippen LogP contribution is 2.50. The number of benzene rings is 3. The summed E-state index contributed by atoms with van der Waals surface area (Å²) < 4.78 is 26.1. The molecule has 8 heteroatoms. The van der Waals surface area contributed by atoms with E-state index in [9.17, 15) is 18.3 Å². The van der Waals surface area contributed by atoms with Gasteiger partial charge in [-0.3, -0.25) is 4.79 Å². The molecule has 0 aromatic heterocycles. The van der Waals surface area contributed by atoms with Crippen molar-refractivity contribution in [2.45, 2.75) is 23.2 Å². The van der Waals surface area contributed by atoms with Crippen LogP contribution in [0.3, 0.4) is 0 Å². The van der Waals surface area contributed by atoms with E-state index in [1.54, 1.807) is 42.5 Å². The summed E-state index contributed by atoms with van der Waals surface area (Å²) in [6, 6.07) is 18.8. The van der Waals surface area contributed by atoms with E-state index in [-0.39, 0.29) is 21.6 Å². The molecule has 0 saturated heterocycles. The lowest BCUT2D eigenvalue weighted by atomic mass is 9.94. The van der Waals surface area contributed by atoms with Crippen molar-refractivity contribution >= 4 is 33.2 Å². The van der Waals surface area contributed by atoms with Gasteiger partial charge in [-0.15, -0.1) is 0 Å². The van der Waals surface area contributed by atoms with E-state index >= 15 is 0 Å². The minimum atomic E-state index is -3.49. The van der Waals surface area contributed by atoms with Crippen LogP contribution in [0.2, 0.25) is 5.02 Å². The number of aromatic hydroxyl groups is 1. The molecule has 160 valence electrons. The number of hydrogen-bond acceptors (Lipinski definition) is 4. The van der Waals surface area contributed by atoms with Gasteiger partial charge in [0.25, 0.3) is 0 Å². The zero-order valence-electron chi connectivity index (χ0n) is 16.7. The first-order chi connectivity index (χ1) is 14.7.